The van der Waals surface area contributed by atoms with E-state index in [-0.39, 0.29) is 0 Å². The molecule has 2 atom stereocenters. The monoisotopic (exact) mass is 237 g/mol. The molecule has 92 valence electrons. The molecule has 0 N–H and O–H groups in total. The SMILES string of the molecule is C=C1C=C[C@H]2C[C@@H]1C(=C)CN2Cc1ccccc1. The summed E-state index contributed by atoms with van der Waals surface area (Å²) in [4.78, 5) is 2.51. The van der Waals surface area contributed by atoms with Crippen LogP contribution in [-0.4, -0.2) is 17.5 Å². The number of nitrogens with zero attached hydrogens (tertiary/aromatic N) is 1. The van der Waals surface area contributed by atoms with Gasteiger partial charge >= 0.3 is 0 Å². The summed E-state index contributed by atoms with van der Waals surface area (Å²) in [5.41, 5.74) is 3.92. The number of allylic oxidation sites excluding steroid dienone is 2. The van der Waals surface area contributed by atoms with Gasteiger partial charge in [0.25, 0.3) is 0 Å². The minimum atomic E-state index is 0.507. The third-order valence-electron chi connectivity index (χ3n) is 4.05. The van der Waals surface area contributed by atoms with E-state index < -0.39 is 0 Å². The lowest BCUT2D eigenvalue weighted by Crippen LogP contribution is -2.43. The Morgan fingerprint density at radius 1 is 1.17 bits per heavy atom. The molecule has 1 heterocycles. The highest BCUT2D eigenvalue weighted by molar-refractivity contribution is 5.34. The molecule has 0 spiro atoms. The summed E-state index contributed by atoms with van der Waals surface area (Å²) >= 11 is 0. The predicted octanol–water partition coefficient (Wildman–Crippen LogP) is 3.56. The molecule has 0 saturated carbocycles. The standard InChI is InChI=1S/C17H19N/c1-13-8-9-16-10-17(13)14(2)11-18(16)12-15-6-4-3-5-7-15/h3-9,16-17H,1-2,10-12H2/t16-,17-/m0/s1. The minimum Gasteiger partial charge on any atom is -0.289 e. The number of likely N-dealkylation sites (tertiary alicyclic amines) is 1. The molecule has 1 fully saturated rings. The molecule has 0 radical (unpaired) electrons. The Balaban J connectivity index is 1.80. The Labute approximate surface area is 109 Å². The van der Waals surface area contributed by atoms with Crippen molar-refractivity contribution in [2.45, 2.75) is 19.0 Å². The highest BCUT2D eigenvalue weighted by Crippen LogP contribution is 2.36. The highest BCUT2D eigenvalue weighted by Gasteiger charge is 2.32. The predicted molar refractivity (Wildman–Crippen MR) is 76.2 cm³/mol. The van der Waals surface area contributed by atoms with Gasteiger partial charge in [-0.2, -0.15) is 0 Å². The Kier molecular flexibility index (Phi) is 2.92. The lowest BCUT2D eigenvalue weighted by molar-refractivity contribution is 0.181. The summed E-state index contributed by atoms with van der Waals surface area (Å²) in [5.74, 6) is 0.507. The topological polar surface area (TPSA) is 3.24 Å². The molecule has 1 aromatic rings. The zero-order valence-corrected chi connectivity index (χ0v) is 10.7. The van der Waals surface area contributed by atoms with Crippen LogP contribution < -0.4 is 0 Å². The Hall–Kier alpha value is -1.60. The van der Waals surface area contributed by atoms with Gasteiger partial charge in [0.2, 0.25) is 0 Å². The fraction of sp³-hybridized carbons (Fsp3) is 0.294. The number of benzene rings is 1. The molecule has 0 amide bonds. The molecule has 1 heteroatoms. The lowest BCUT2D eigenvalue weighted by atomic mass is 9.78. The largest absolute Gasteiger partial charge is 0.289 e. The van der Waals surface area contributed by atoms with Crippen molar-refractivity contribution >= 4 is 0 Å². The molecule has 1 aliphatic heterocycles. The van der Waals surface area contributed by atoms with Gasteiger partial charge in [-0.1, -0.05) is 61.2 Å². The maximum atomic E-state index is 4.24. The van der Waals surface area contributed by atoms with Crippen molar-refractivity contribution in [2.75, 3.05) is 6.54 Å². The first kappa shape index (κ1) is 11.5. The Morgan fingerprint density at radius 2 is 1.94 bits per heavy atom. The Morgan fingerprint density at radius 3 is 2.72 bits per heavy atom. The van der Waals surface area contributed by atoms with Gasteiger partial charge in [0.15, 0.2) is 0 Å². The van der Waals surface area contributed by atoms with Crippen molar-refractivity contribution in [3.63, 3.8) is 0 Å². The molecule has 1 saturated heterocycles. The van der Waals surface area contributed by atoms with E-state index in [0.717, 1.165) is 19.5 Å². The van der Waals surface area contributed by atoms with Gasteiger partial charge < -0.3 is 0 Å². The first-order valence-electron chi connectivity index (χ1n) is 6.56. The van der Waals surface area contributed by atoms with Crippen LogP contribution in [0.25, 0.3) is 0 Å². The van der Waals surface area contributed by atoms with Gasteiger partial charge in [0, 0.05) is 25.0 Å². The fourth-order valence-corrected chi connectivity index (χ4v) is 3.00. The number of hydrogen-bond donors (Lipinski definition) is 0. The van der Waals surface area contributed by atoms with Crippen LogP contribution in [0.1, 0.15) is 12.0 Å². The van der Waals surface area contributed by atoms with E-state index in [1.165, 1.54) is 16.7 Å². The van der Waals surface area contributed by atoms with Crippen LogP contribution in [-0.2, 0) is 6.54 Å². The van der Waals surface area contributed by atoms with Crippen LogP contribution in [0.3, 0.4) is 0 Å². The van der Waals surface area contributed by atoms with Crippen LogP contribution in [0.2, 0.25) is 0 Å². The molecule has 1 aliphatic carbocycles. The van der Waals surface area contributed by atoms with Gasteiger partial charge in [-0.3, -0.25) is 4.90 Å². The normalized spacial score (nSPS) is 27.6. The lowest BCUT2D eigenvalue weighted by Gasteiger charge is -2.42. The third kappa shape index (κ3) is 2.06. The van der Waals surface area contributed by atoms with Crippen molar-refractivity contribution in [3.05, 3.63) is 72.4 Å². The first-order valence-corrected chi connectivity index (χ1v) is 6.56. The minimum absolute atomic E-state index is 0.507. The van der Waals surface area contributed by atoms with Crippen LogP contribution in [0.15, 0.2) is 66.8 Å². The molecular weight excluding hydrogens is 218 g/mol. The van der Waals surface area contributed by atoms with Crippen molar-refractivity contribution in [2.24, 2.45) is 5.92 Å². The molecule has 0 aromatic heterocycles. The molecule has 0 unspecified atom stereocenters. The average Bonchev–Trinajstić information content (AvgIpc) is 2.39. The maximum absolute atomic E-state index is 4.24. The fourth-order valence-electron chi connectivity index (χ4n) is 3.00. The van der Waals surface area contributed by atoms with E-state index in [0.29, 0.717) is 12.0 Å². The van der Waals surface area contributed by atoms with Gasteiger partial charge in [0.1, 0.15) is 0 Å². The second-order valence-corrected chi connectivity index (χ2v) is 5.34. The van der Waals surface area contributed by atoms with Crippen LogP contribution >= 0.6 is 0 Å². The maximum Gasteiger partial charge on any atom is 0.0297 e. The van der Waals surface area contributed by atoms with E-state index in [1.807, 2.05) is 0 Å². The molecule has 1 nitrogen and oxygen atoms in total. The first-order chi connectivity index (χ1) is 8.74. The van der Waals surface area contributed by atoms with Crippen molar-refractivity contribution < 1.29 is 0 Å². The molecule has 2 bridgehead atoms. The van der Waals surface area contributed by atoms with Crippen molar-refractivity contribution in [1.29, 1.82) is 0 Å². The smallest absolute Gasteiger partial charge is 0.0297 e. The van der Waals surface area contributed by atoms with E-state index in [1.54, 1.807) is 0 Å². The van der Waals surface area contributed by atoms with E-state index in [2.05, 4.69) is 60.5 Å². The van der Waals surface area contributed by atoms with Gasteiger partial charge in [-0.15, -0.1) is 0 Å². The van der Waals surface area contributed by atoms with E-state index in [9.17, 15) is 0 Å². The van der Waals surface area contributed by atoms with Crippen LogP contribution in [0.4, 0.5) is 0 Å². The van der Waals surface area contributed by atoms with Crippen molar-refractivity contribution in [1.82, 2.24) is 4.90 Å². The van der Waals surface area contributed by atoms with E-state index in [4.69, 9.17) is 0 Å². The highest BCUT2D eigenvalue weighted by atomic mass is 15.2. The van der Waals surface area contributed by atoms with Crippen LogP contribution in [0, 0.1) is 5.92 Å². The summed E-state index contributed by atoms with van der Waals surface area (Å²) in [5, 5.41) is 0. The molecule has 1 aromatic carbocycles. The number of hydrogen-bond acceptors (Lipinski definition) is 1. The number of fused-ring (bicyclic) bond motifs is 2. The van der Waals surface area contributed by atoms with Gasteiger partial charge in [-0.05, 0) is 17.6 Å². The zero-order valence-electron chi connectivity index (χ0n) is 10.7. The summed E-state index contributed by atoms with van der Waals surface area (Å²) < 4.78 is 0. The molecular formula is C17H19N. The summed E-state index contributed by atoms with van der Waals surface area (Å²) in [7, 11) is 0. The van der Waals surface area contributed by atoms with Gasteiger partial charge in [-0.25, -0.2) is 0 Å². The average molecular weight is 237 g/mol. The second kappa shape index (κ2) is 4.58. The van der Waals surface area contributed by atoms with Gasteiger partial charge in [0.05, 0.1) is 0 Å². The van der Waals surface area contributed by atoms with Crippen LogP contribution in [0.5, 0.6) is 0 Å². The number of piperidine rings is 1. The van der Waals surface area contributed by atoms with E-state index >= 15 is 0 Å². The van der Waals surface area contributed by atoms with Crippen molar-refractivity contribution in [3.8, 4) is 0 Å². The molecule has 3 rings (SSSR count). The number of rotatable bonds is 2. The quantitative estimate of drug-likeness (QED) is 0.711. The second-order valence-electron chi connectivity index (χ2n) is 5.34. The summed E-state index contributed by atoms with van der Waals surface area (Å²) in [6.07, 6.45) is 5.64. The summed E-state index contributed by atoms with van der Waals surface area (Å²) in [6.45, 7) is 10.4. The Bertz CT molecular complexity index is 498. The third-order valence-corrected chi connectivity index (χ3v) is 4.05. The summed E-state index contributed by atoms with van der Waals surface area (Å²) in [6, 6.07) is 11.2. The molecule has 18 heavy (non-hydrogen) atoms. The zero-order chi connectivity index (χ0) is 12.5. The molecule has 2 aliphatic rings.